The van der Waals surface area contributed by atoms with Crippen molar-refractivity contribution in [1.29, 1.82) is 0 Å². The van der Waals surface area contributed by atoms with Gasteiger partial charge in [-0.05, 0) is 56.7 Å². The summed E-state index contributed by atoms with van der Waals surface area (Å²) in [5, 5.41) is 3.89. The van der Waals surface area contributed by atoms with Crippen molar-refractivity contribution in [2.75, 3.05) is 17.1 Å². The molecular formula is C29H31Cl4N3O4S. The number of nitrogens with one attached hydrogen (secondary N) is 1. The van der Waals surface area contributed by atoms with Gasteiger partial charge in [0.15, 0.2) is 0 Å². The first-order valence-corrected chi connectivity index (χ1v) is 15.9. The van der Waals surface area contributed by atoms with Gasteiger partial charge in [0.1, 0.15) is 12.6 Å². The van der Waals surface area contributed by atoms with Crippen molar-refractivity contribution in [3.05, 3.63) is 97.9 Å². The number of rotatable bonds is 10. The van der Waals surface area contributed by atoms with Crippen LogP contribution in [0, 0.1) is 0 Å². The summed E-state index contributed by atoms with van der Waals surface area (Å²) in [7, 11) is -4.00. The van der Waals surface area contributed by atoms with Gasteiger partial charge in [-0.15, -0.1) is 0 Å². The van der Waals surface area contributed by atoms with Crippen LogP contribution in [0.5, 0.6) is 0 Å². The van der Waals surface area contributed by atoms with Crippen molar-refractivity contribution >= 4 is 73.9 Å². The molecule has 0 aliphatic rings. The monoisotopic (exact) mass is 657 g/mol. The minimum atomic E-state index is -4.00. The summed E-state index contributed by atoms with van der Waals surface area (Å²) in [5.41, 5.74) is 0.672. The predicted molar refractivity (Wildman–Crippen MR) is 167 cm³/mol. The Balaban J connectivity index is 2.14. The van der Waals surface area contributed by atoms with E-state index in [0.717, 1.165) is 16.1 Å². The Hall–Kier alpha value is -2.49. The SMILES string of the molecule is CC(C)(C)NC(=O)C(Cc1ccccc1)N(Cc1c(Cl)cccc1Cl)C(=O)CN(c1ccc(Cl)cc1Cl)S(C)(=O)=O. The Morgan fingerprint density at radius 3 is 2.02 bits per heavy atom. The zero-order valence-corrected chi connectivity index (χ0v) is 26.8. The molecule has 7 nitrogen and oxygen atoms in total. The van der Waals surface area contributed by atoms with E-state index in [1.165, 1.54) is 23.1 Å². The lowest BCUT2D eigenvalue weighted by Crippen LogP contribution is -2.56. The van der Waals surface area contributed by atoms with E-state index in [2.05, 4.69) is 5.32 Å². The van der Waals surface area contributed by atoms with E-state index < -0.39 is 40.0 Å². The Morgan fingerprint density at radius 2 is 1.49 bits per heavy atom. The highest BCUT2D eigenvalue weighted by molar-refractivity contribution is 7.92. The van der Waals surface area contributed by atoms with Gasteiger partial charge in [-0.1, -0.05) is 82.8 Å². The Kier molecular flexibility index (Phi) is 11.0. The molecule has 0 radical (unpaired) electrons. The fraction of sp³-hybridized carbons (Fsp3) is 0.310. The molecule has 0 spiro atoms. The maximum Gasteiger partial charge on any atom is 0.244 e. The lowest BCUT2D eigenvalue weighted by Gasteiger charge is -2.35. The Bertz CT molecular complexity index is 1490. The van der Waals surface area contributed by atoms with Gasteiger partial charge in [0.25, 0.3) is 0 Å². The first kappa shape index (κ1) is 33.0. The largest absolute Gasteiger partial charge is 0.350 e. The molecule has 1 unspecified atom stereocenters. The summed E-state index contributed by atoms with van der Waals surface area (Å²) in [4.78, 5) is 29.2. The summed E-state index contributed by atoms with van der Waals surface area (Å²) in [5.74, 6) is -1.09. The first-order chi connectivity index (χ1) is 19.1. The van der Waals surface area contributed by atoms with Crippen LogP contribution in [0.25, 0.3) is 0 Å². The third-order valence-corrected chi connectivity index (χ3v) is 8.39. The van der Waals surface area contributed by atoms with Gasteiger partial charge in [0, 0.05) is 39.1 Å². The molecule has 1 atom stereocenters. The van der Waals surface area contributed by atoms with E-state index in [4.69, 9.17) is 46.4 Å². The number of carbonyl (C=O) groups excluding carboxylic acids is 2. The van der Waals surface area contributed by atoms with Gasteiger partial charge in [0.05, 0.1) is 17.0 Å². The van der Waals surface area contributed by atoms with E-state index in [-0.39, 0.29) is 23.7 Å². The van der Waals surface area contributed by atoms with Gasteiger partial charge >= 0.3 is 0 Å². The molecule has 0 fully saturated rings. The molecule has 0 aliphatic heterocycles. The van der Waals surface area contributed by atoms with Gasteiger partial charge in [-0.2, -0.15) is 0 Å². The number of hydrogen-bond acceptors (Lipinski definition) is 4. The third kappa shape index (κ3) is 9.25. The van der Waals surface area contributed by atoms with E-state index in [9.17, 15) is 18.0 Å². The minimum Gasteiger partial charge on any atom is -0.350 e. The van der Waals surface area contributed by atoms with Crippen LogP contribution in [-0.4, -0.2) is 49.5 Å². The summed E-state index contributed by atoms with van der Waals surface area (Å²) < 4.78 is 26.7. The molecule has 2 amide bonds. The second-order valence-electron chi connectivity index (χ2n) is 10.5. The lowest BCUT2D eigenvalue weighted by molar-refractivity contribution is -0.140. The molecule has 41 heavy (non-hydrogen) atoms. The molecule has 0 aromatic heterocycles. The average Bonchev–Trinajstić information content (AvgIpc) is 2.85. The number of nitrogens with zero attached hydrogens (tertiary/aromatic N) is 2. The molecule has 3 rings (SSSR count). The van der Waals surface area contributed by atoms with Gasteiger partial charge in [-0.25, -0.2) is 8.42 Å². The van der Waals surface area contributed by atoms with Crippen LogP contribution in [0.4, 0.5) is 5.69 Å². The van der Waals surface area contributed by atoms with Crippen LogP contribution in [-0.2, 0) is 32.6 Å². The van der Waals surface area contributed by atoms with Crippen LogP contribution in [0.2, 0.25) is 20.1 Å². The third-order valence-electron chi connectivity index (χ3n) is 6.02. The summed E-state index contributed by atoms with van der Waals surface area (Å²) in [6, 6.07) is 17.4. The zero-order valence-electron chi connectivity index (χ0n) is 23.0. The summed E-state index contributed by atoms with van der Waals surface area (Å²) in [6.45, 7) is 4.69. The molecule has 0 heterocycles. The van der Waals surface area contributed by atoms with Crippen molar-refractivity contribution in [3.8, 4) is 0 Å². The van der Waals surface area contributed by atoms with E-state index in [1.807, 2.05) is 51.1 Å². The fourth-order valence-corrected chi connectivity index (χ4v) is 6.08. The molecule has 3 aromatic rings. The zero-order chi connectivity index (χ0) is 30.5. The van der Waals surface area contributed by atoms with Gasteiger partial charge in [0.2, 0.25) is 21.8 Å². The van der Waals surface area contributed by atoms with Crippen molar-refractivity contribution in [2.24, 2.45) is 0 Å². The van der Waals surface area contributed by atoms with E-state index in [0.29, 0.717) is 20.6 Å². The summed E-state index contributed by atoms with van der Waals surface area (Å²) >= 11 is 25.3. The molecule has 0 saturated heterocycles. The number of carbonyl (C=O) groups is 2. The number of anilines is 1. The molecular weight excluding hydrogens is 628 g/mol. The quantitative estimate of drug-likeness (QED) is 0.265. The number of benzene rings is 3. The van der Waals surface area contributed by atoms with Crippen molar-refractivity contribution in [2.45, 2.75) is 45.3 Å². The number of sulfonamides is 1. The van der Waals surface area contributed by atoms with E-state index >= 15 is 0 Å². The predicted octanol–water partition coefficient (Wildman–Crippen LogP) is 6.62. The van der Waals surface area contributed by atoms with Crippen LogP contribution < -0.4 is 9.62 Å². The maximum atomic E-state index is 14.2. The topological polar surface area (TPSA) is 86.8 Å². The maximum absolute atomic E-state index is 14.2. The highest BCUT2D eigenvalue weighted by atomic mass is 35.5. The standard InChI is InChI=1S/C29H31Cl4N3O4S/c1-29(2,3)34-28(38)26(15-19-9-6-5-7-10-19)35(17-21-22(31)11-8-12-23(21)32)27(37)18-36(41(4,39)40)25-14-13-20(30)16-24(25)33/h5-14,16,26H,15,17-18H2,1-4H3,(H,34,38). The Labute approximate surface area is 261 Å². The number of halogens is 4. The van der Waals surface area contributed by atoms with Gasteiger partial charge < -0.3 is 10.2 Å². The molecule has 0 aliphatic carbocycles. The molecule has 3 aromatic carbocycles. The highest BCUT2D eigenvalue weighted by Gasteiger charge is 2.35. The molecule has 0 saturated carbocycles. The van der Waals surface area contributed by atoms with Crippen LogP contribution in [0.15, 0.2) is 66.7 Å². The number of amides is 2. The molecule has 0 bridgehead atoms. The molecule has 12 heteroatoms. The lowest BCUT2D eigenvalue weighted by atomic mass is 10.0. The van der Waals surface area contributed by atoms with Crippen molar-refractivity contribution in [3.63, 3.8) is 0 Å². The fourth-order valence-electron chi connectivity index (χ4n) is 4.14. The smallest absolute Gasteiger partial charge is 0.244 e. The van der Waals surface area contributed by atoms with Crippen molar-refractivity contribution < 1.29 is 18.0 Å². The van der Waals surface area contributed by atoms with Crippen molar-refractivity contribution in [1.82, 2.24) is 10.2 Å². The average molecular weight is 659 g/mol. The number of hydrogen-bond donors (Lipinski definition) is 1. The van der Waals surface area contributed by atoms with Gasteiger partial charge in [-0.3, -0.25) is 13.9 Å². The van der Waals surface area contributed by atoms with Crippen LogP contribution in [0.3, 0.4) is 0 Å². The van der Waals surface area contributed by atoms with Crippen LogP contribution >= 0.6 is 46.4 Å². The minimum absolute atomic E-state index is 0.0442. The summed E-state index contributed by atoms with van der Waals surface area (Å²) in [6.07, 6.45) is 1.12. The second kappa shape index (κ2) is 13.7. The second-order valence-corrected chi connectivity index (χ2v) is 14.1. The Morgan fingerprint density at radius 1 is 0.878 bits per heavy atom. The normalized spacial score (nSPS) is 12.5. The van der Waals surface area contributed by atoms with E-state index in [1.54, 1.807) is 18.2 Å². The first-order valence-electron chi connectivity index (χ1n) is 12.6. The molecule has 1 N–H and O–H groups in total. The highest BCUT2D eigenvalue weighted by Crippen LogP contribution is 2.32. The molecule has 220 valence electrons. The van der Waals surface area contributed by atoms with Crippen LogP contribution in [0.1, 0.15) is 31.9 Å².